The van der Waals surface area contributed by atoms with Gasteiger partial charge < -0.3 is 10.2 Å². The summed E-state index contributed by atoms with van der Waals surface area (Å²) < 4.78 is 0. The fourth-order valence-electron chi connectivity index (χ4n) is 1.19. The monoisotopic (exact) mass is 201 g/mol. The van der Waals surface area contributed by atoms with Crippen LogP contribution in [0.15, 0.2) is 0 Å². The molecule has 0 heterocycles. The van der Waals surface area contributed by atoms with Gasteiger partial charge in [-0.2, -0.15) is 0 Å². The third kappa shape index (κ3) is 5.94. The van der Waals surface area contributed by atoms with Crippen molar-refractivity contribution in [1.29, 1.82) is 0 Å². The molecule has 4 nitrogen and oxygen atoms in total. The van der Waals surface area contributed by atoms with Gasteiger partial charge in [0.2, 0.25) is 5.91 Å². The SMILES string of the molecule is CCN(CC)CCC(=O)NC(C)C[O]. The summed E-state index contributed by atoms with van der Waals surface area (Å²) in [6.45, 7) is 8.30. The molecule has 0 spiro atoms. The van der Waals surface area contributed by atoms with Crippen LogP contribution in [-0.2, 0) is 9.90 Å². The number of rotatable bonds is 7. The van der Waals surface area contributed by atoms with Crippen molar-refractivity contribution in [2.45, 2.75) is 33.2 Å². The van der Waals surface area contributed by atoms with E-state index in [0.717, 1.165) is 19.6 Å². The Morgan fingerprint density at radius 1 is 1.36 bits per heavy atom. The Morgan fingerprint density at radius 2 is 1.93 bits per heavy atom. The number of amides is 1. The van der Waals surface area contributed by atoms with Crippen LogP contribution in [-0.4, -0.2) is 43.1 Å². The van der Waals surface area contributed by atoms with E-state index in [1.165, 1.54) is 0 Å². The number of hydrogen-bond donors (Lipinski definition) is 1. The Morgan fingerprint density at radius 3 is 2.36 bits per heavy atom. The molecule has 0 aromatic rings. The minimum absolute atomic E-state index is 0.0275. The first-order valence-corrected chi connectivity index (χ1v) is 5.23. The van der Waals surface area contributed by atoms with Gasteiger partial charge in [0.05, 0.1) is 6.04 Å². The Bertz CT molecular complexity index is 158. The highest BCUT2D eigenvalue weighted by atomic mass is 16.3. The molecule has 0 aromatic heterocycles. The number of nitrogens with one attached hydrogen (secondary N) is 1. The summed E-state index contributed by atoms with van der Waals surface area (Å²) >= 11 is 0. The average Bonchev–Trinajstić information content (AvgIpc) is 2.19. The maximum atomic E-state index is 11.3. The predicted octanol–water partition coefficient (Wildman–Crippen LogP) is 0.654. The number of nitrogens with zero attached hydrogens (tertiary/aromatic N) is 1. The van der Waals surface area contributed by atoms with Crippen molar-refractivity contribution in [3.8, 4) is 0 Å². The van der Waals surface area contributed by atoms with Crippen LogP contribution < -0.4 is 5.32 Å². The van der Waals surface area contributed by atoms with E-state index >= 15 is 0 Å². The minimum Gasteiger partial charge on any atom is -0.351 e. The van der Waals surface area contributed by atoms with Crippen LogP contribution in [0, 0.1) is 0 Å². The zero-order valence-corrected chi connectivity index (χ0v) is 9.38. The van der Waals surface area contributed by atoms with Gasteiger partial charge in [0.25, 0.3) is 0 Å². The Balaban J connectivity index is 3.62. The first kappa shape index (κ1) is 13.4. The average molecular weight is 201 g/mol. The van der Waals surface area contributed by atoms with E-state index in [1.54, 1.807) is 6.92 Å². The third-order valence-corrected chi connectivity index (χ3v) is 2.21. The molecule has 0 aromatic carbocycles. The molecule has 0 bridgehead atoms. The highest BCUT2D eigenvalue weighted by Gasteiger charge is 2.07. The van der Waals surface area contributed by atoms with E-state index in [4.69, 9.17) is 0 Å². The van der Waals surface area contributed by atoms with Crippen LogP contribution in [0.2, 0.25) is 0 Å². The van der Waals surface area contributed by atoms with Gasteiger partial charge in [-0.15, -0.1) is 0 Å². The maximum absolute atomic E-state index is 11.3. The second-order valence-corrected chi connectivity index (χ2v) is 3.41. The molecule has 14 heavy (non-hydrogen) atoms. The predicted molar refractivity (Wildman–Crippen MR) is 55.6 cm³/mol. The summed E-state index contributed by atoms with van der Waals surface area (Å²) in [4.78, 5) is 13.5. The van der Waals surface area contributed by atoms with E-state index in [0.29, 0.717) is 6.42 Å². The topological polar surface area (TPSA) is 52.2 Å². The molecule has 1 atom stereocenters. The normalized spacial score (nSPS) is 12.9. The van der Waals surface area contributed by atoms with Gasteiger partial charge in [0.1, 0.15) is 6.61 Å². The van der Waals surface area contributed by atoms with Crippen LogP contribution in [0.5, 0.6) is 0 Å². The van der Waals surface area contributed by atoms with Crippen LogP contribution in [0.25, 0.3) is 0 Å². The number of hydrogen-bond acceptors (Lipinski definition) is 2. The molecule has 0 aliphatic carbocycles. The van der Waals surface area contributed by atoms with Gasteiger partial charge in [-0.1, -0.05) is 13.8 Å². The highest BCUT2D eigenvalue weighted by Crippen LogP contribution is 1.91. The number of carbonyl (C=O) groups excluding carboxylic acids is 1. The smallest absolute Gasteiger partial charge is 0.221 e. The molecular weight excluding hydrogens is 180 g/mol. The lowest BCUT2D eigenvalue weighted by atomic mass is 10.3. The lowest BCUT2D eigenvalue weighted by Gasteiger charge is -2.18. The molecule has 0 saturated heterocycles. The van der Waals surface area contributed by atoms with Crippen molar-refractivity contribution in [2.75, 3.05) is 26.2 Å². The van der Waals surface area contributed by atoms with Gasteiger partial charge in [0.15, 0.2) is 0 Å². The van der Waals surface area contributed by atoms with Crippen molar-refractivity contribution < 1.29 is 9.90 Å². The molecule has 4 heteroatoms. The molecule has 0 rings (SSSR count). The van der Waals surface area contributed by atoms with Crippen LogP contribution in [0.1, 0.15) is 27.2 Å². The number of carbonyl (C=O) groups is 1. The van der Waals surface area contributed by atoms with Crippen molar-refractivity contribution >= 4 is 5.91 Å². The molecule has 1 N–H and O–H groups in total. The van der Waals surface area contributed by atoms with Gasteiger partial charge in [-0.25, -0.2) is 5.11 Å². The lowest BCUT2D eigenvalue weighted by molar-refractivity contribution is -0.122. The molecule has 0 aliphatic heterocycles. The van der Waals surface area contributed by atoms with E-state index in [9.17, 15) is 9.90 Å². The second kappa shape index (κ2) is 7.76. The van der Waals surface area contributed by atoms with Crippen LogP contribution >= 0.6 is 0 Å². The fraction of sp³-hybridized carbons (Fsp3) is 0.900. The summed E-state index contributed by atoms with van der Waals surface area (Å²) in [7, 11) is 0. The van der Waals surface area contributed by atoms with Crippen molar-refractivity contribution in [1.82, 2.24) is 10.2 Å². The Hall–Kier alpha value is -0.610. The molecule has 0 saturated carbocycles. The molecule has 83 valence electrons. The second-order valence-electron chi connectivity index (χ2n) is 3.41. The Labute approximate surface area is 86.3 Å². The van der Waals surface area contributed by atoms with E-state index < -0.39 is 0 Å². The lowest BCUT2D eigenvalue weighted by Crippen LogP contribution is -2.37. The zero-order valence-electron chi connectivity index (χ0n) is 9.38. The van der Waals surface area contributed by atoms with Crippen LogP contribution in [0.4, 0.5) is 0 Å². The molecule has 0 aliphatic rings. The van der Waals surface area contributed by atoms with Gasteiger partial charge >= 0.3 is 0 Å². The quantitative estimate of drug-likeness (QED) is 0.657. The molecule has 1 unspecified atom stereocenters. The summed E-state index contributed by atoms with van der Waals surface area (Å²) in [6.07, 6.45) is 0.478. The van der Waals surface area contributed by atoms with Gasteiger partial charge in [-0.3, -0.25) is 4.79 Å². The van der Waals surface area contributed by atoms with Crippen LogP contribution in [0.3, 0.4) is 0 Å². The maximum Gasteiger partial charge on any atom is 0.221 e. The summed E-state index contributed by atoms with van der Waals surface area (Å²) in [5.74, 6) is -0.0275. The summed E-state index contributed by atoms with van der Waals surface area (Å²) in [5, 5.41) is 13.0. The molecule has 1 radical (unpaired) electrons. The molecule has 1 amide bonds. The van der Waals surface area contributed by atoms with E-state index in [-0.39, 0.29) is 18.6 Å². The van der Waals surface area contributed by atoms with Gasteiger partial charge in [-0.05, 0) is 20.0 Å². The highest BCUT2D eigenvalue weighted by molar-refractivity contribution is 5.76. The molecular formula is C10H21N2O2. The summed E-state index contributed by atoms with van der Waals surface area (Å²) in [5.41, 5.74) is 0. The minimum atomic E-state index is -0.253. The zero-order chi connectivity index (χ0) is 11.0. The van der Waals surface area contributed by atoms with Crippen molar-refractivity contribution in [3.05, 3.63) is 0 Å². The first-order valence-electron chi connectivity index (χ1n) is 5.23. The fourth-order valence-corrected chi connectivity index (χ4v) is 1.19. The summed E-state index contributed by atoms with van der Waals surface area (Å²) in [6, 6.07) is -0.251. The van der Waals surface area contributed by atoms with Crippen molar-refractivity contribution in [2.24, 2.45) is 0 Å². The van der Waals surface area contributed by atoms with E-state index in [1.807, 2.05) is 0 Å². The van der Waals surface area contributed by atoms with Gasteiger partial charge in [0, 0.05) is 13.0 Å². The largest absolute Gasteiger partial charge is 0.351 e. The third-order valence-electron chi connectivity index (χ3n) is 2.21. The van der Waals surface area contributed by atoms with Crippen molar-refractivity contribution in [3.63, 3.8) is 0 Å². The molecule has 0 fully saturated rings. The Kier molecular flexibility index (Phi) is 7.42. The van der Waals surface area contributed by atoms with E-state index in [2.05, 4.69) is 24.1 Å². The standard InChI is InChI=1S/C10H21N2O2/c1-4-12(5-2)7-6-10(14)11-9(3)8-13/h9H,4-8H2,1-3H3,(H,11,14). The first-order chi connectivity index (χ1) is 6.63.